The van der Waals surface area contributed by atoms with Crippen LogP contribution >= 0.6 is 0 Å². The molecule has 0 amide bonds. The minimum Gasteiger partial charge on any atom is -0.392 e. The van der Waals surface area contributed by atoms with Crippen molar-refractivity contribution in [1.82, 2.24) is 5.32 Å². The van der Waals surface area contributed by atoms with Crippen molar-refractivity contribution >= 4 is 0 Å². The number of aliphatic hydroxyl groups excluding tert-OH is 1. The average Bonchev–Trinajstić information content (AvgIpc) is 2.72. The molecule has 0 aromatic heterocycles. The van der Waals surface area contributed by atoms with E-state index in [4.69, 9.17) is 0 Å². The number of aliphatic hydroxyl groups is 1. The van der Waals surface area contributed by atoms with Crippen molar-refractivity contribution in [2.75, 3.05) is 0 Å². The SMILES string of the molecule is CCc1ccccc1CN[C@@H]1CCC[C@H]1O. The third-order valence-electron chi connectivity index (χ3n) is 3.53. The van der Waals surface area contributed by atoms with E-state index in [0.717, 1.165) is 32.2 Å². The smallest absolute Gasteiger partial charge is 0.0693 e. The van der Waals surface area contributed by atoms with Gasteiger partial charge in [0.2, 0.25) is 0 Å². The van der Waals surface area contributed by atoms with E-state index in [-0.39, 0.29) is 6.10 Å². The fourth-order valence-corrected chi connectivity index (χ4v) is 2.49. The quantitative estimate of drug-likeness (QED) is 0.814. The second-order valence-corrected chi connectivity index (χ2v) is 4.61. The highest BCUT2D eigenvalue weighted by molar-refractivity contribution is 5.26. The first-order valence-corrected chi connectivity index (χ1v) is 6.29. The summed E-state index contributed by atoms with van der Waals surface area (Å²) in [4.78, 5) is 0. The van der Waals surface area contributed by atoms with E-state index in [1.54, 1.807) is 0 Å². The molecule has 1 aromatic rings. The van der Waals surface area contributed by atoms with Crippen LogP contribution in [0.1, 0.15) is 37.3 Å². The lowest BCUT2D eigenvalue weighted by Crippen LogP contribution is -2.35. The Morgan fingerprint density at radius 1 is 1.25 bits per heavy atom. The van der Waals surface area contributed by atoms with Gasteiger partial charge < -0.3 is 10.4 Å². The molecule has 0 saturated heterocycles. The van der Waals surface area contributed by atoms with Gasteiger partial charge in [0.1, 0.15) is 0 Å². The molecule has 0 unspecified atom stereocenters. The predicted octanol–water partition coefficient (Wildman–Crippen LogP) is 2.25. The Morgan fingerprint density at radius 2 is 2.00 bits per heavy atom. The molecule has 88 valence electrons. The molecular weight excluding hydrogens is 198 g/mol. The monoisotopic (exact) mass is 219 g/mol. The number of nitrogens with one attached hydrogen (secondary N) is 1. The van der Waals surface area contributed by atoms with Crippen LogP contribution in [-0.4, -0.2) is 17.3 Å². The first-order valence-electron chi connectivity index (χ1n) is 6.29. The third kappa shape index (κ3) is 2.63. The van der Waals surface area contributed by atoms with Crippen molar-refractivity contribution in [3.63, 3.8) is 0 Å². The van der Waals surface area contributed by atoms with Crippen molar-refractivity contribution in [1.29, 1.82) is 0 Å². The summed E-state index contributed by atoms with van der Waals surface area (Å²) < 4.78 is 0. The van der Waals surface area contributed by atoms with Gasteiger partial charge in [-0.2, -0.15) is 0 Å². The fourth-order valence-electron chi connectivity index (χ4n) is 2.49. The summed E-state index contributed by atoms with van der Waals surface area (Å²) in [6.07, 6.45) is 4.14. The van der Waals surface area contributed by atoms with Gasteiger partial charge in [-0.15, -0.1) is 0 Å². The van der Waals surface area contributed by atoms with Crippen LogP contribution in [0.15, 0.2) is 24.3 Å². The van der Waals surface area contributed by atoms with Crippen molar-refractivity contribution in [2.24, 2.45) is 0 Å². The van der Waals surface area contributed by atoms with Crippen LogP contribution in [0, 0.1) is 0 Å². The van der Waals surface area contributed by atoms with Crippen LogP contribution in [-0.2, 0) is 13.0 Å². The van der Waals surface area contributed by atoms with E-state index in [9.17, 15) is 5.11 Å². The number of hydrogen-bond acceptors (Lipinski definition) is 2. The Morgan fingerprint density at radius 3 is 2.62 bits per heavy atom. The van der Waals surface area contributed by atoms with Gasteiger partial charge in [0.05, 0.1) is 6.10 Å². The van der Waals surface area contributed by atoms with Crippen LogP contribution in [0.25, 0.3) is 0 Å². The zero-order valence-corrected chi connectivity index (χ0v) is 9.95. The maximum atomic E-state index is 9.73. The van der Waals surface area contributed by atoms with E-state index in [0.29, 0.717) is 6.04 Å². The summed E-state index contributed by atoms with van der Waals surface area (Å²) in [6.45, 7) is 3.06. The molecule has 2 heteroatoms. The normalized spacial score (nSPS) is 24.9. The van der Waals surface area contributed by atoms with Crippen LogP contribution in [0.3, 0.4) is 0 Å². The van der Waals surface area contributed by atoms with Crippen molar-refractivity contribution in [3.05, 3.63) is 35.4 Å². The second kappa shape index (κ2) is 5.46. The average molecular weight is 219 g/mol. The highest BCUT2D eigenvalue weighted by atomic mass is 16.3. The maximum Gasteiger partial charge on any atom is 0.0693 e. The largest absolute Gasteiger partial charge is 0.392 e. The third-order valence-corrected chi connectivity index (χ3v) is 3.53. The minimum atomic E-state index is -0.145. The van der Waals surface area contributed by atoms with E-state index in [1.807, 2.05) is 0 Å². The Balaban J connectivity index is 1.93. The maximum absolute atomic E-state index is 9.73. The van der Waals surface area contributed by atoms with Gasteiger partial charge in [0.25, 0.3) is 0 Å². The molecule has 1 aromatic carbocycles. The molecule has 1 saturated carbocycles. The van der Waals surface area contributed by atoms with Gasteiger partial charge in [0, 0.05) is 12.6 Å². The molecule has 1 aliphatic carbocycles. The highest BCUT2D eigenvalue weighted by Crippen LogP contribution is 2.19. The Hall–Kier alpha value is -0.860. The Labute approximate surface area is 97.7 Å². The van der Waals surface area contributed by atoms with E-state index < -0.39 is 0 Å². The second-order valence-electron chi connectivity index (χ2n) is 4.61. The molecule has 1 fully saturated rings. The fraction of sp³-hybridized carbons (Fsp3) is 0.571. The van der Waals surface area contributed by atoms with Crippen LogP contribution in [0.2, 0.25) is 0 Å². The van der Waals surface area contributed by atoms with E-state index >= 15 is 0 Å². The number of benzene rings is 1. The molecule has 2 nitrogen and oxygen atoms in total. The van der Waals surface area contributed by atoms with Crippen LogP contribution < -0.4 is 5.32 Å². The molecule has 2 N–H and O–H groups in total. The predicted molar refractivity (Wildman–Crippen MR) is 66.3 cm³/mol. The Bertz CT molecular complexity index is 337. The standard InChI is InChI=1S/C14H21NO/c1-2-11-6-3-4-7-12(11)10-15-13-8-5-9-14(13)16/h3-4,6-7,13-16H,2,5,8-10H2,1H3/t13-,14-/m1/s1. The van der Waals surface area contributed by atoms with Crippen LogP contribution in [0.5, 0.6) is 0 Å². The zero-order valence-electron chi connectivity index (χ0n) is 9.95. The van der Waals surface area contributed by atoms with Gasteiger partial charge >= 0.3 is 0 Å². The number of hydrogen-bond donors (Lipinski definition) is 2. The molecular formula is C14H21NO. The molecule has 0 aliphatic heterocycles. The van der Waals surface area contributed by atoms with Gasteiger partial charge in [-0.1, -0.05) is 31.2 Å². The molecule has 0 bridgehead atoms. The molecule has 2 atom stereocenters. The Kier molecular flexibility index (Phi) is 3.97. The highest BCUT2D eigenvalue weighted by Gasteiger charge is 2.24. The summed E-state index contributed by atoms with van der Waals surface area (Å²) in [6, 6.07) is 8.83. The van der Waals surface area contributed by atoms with Crippen molar-refractivity contribution in [2.45, 2.75) is 51.3 Å². The first kappa shape index (κ1) is 11.6. The van der Waals surface area contributed by atoms with Crippen LogP contribution in [0.4, 0.5) is 0 Å². The lowest BCUT2D eigenvalue weighted by molar-refractivity contribution is 0.148. The molecule has 0 radical (unpaired) electrons. The molecule has 0 spiro atoms. The minimum absolute atomic E-state index is 0.145. The summed E-state index contributed by atoms with van der Waals surface area (Å²) >= 11 is 0. The summed E-state index contributed by atoms with van der Waals surface area (Å²) in [7, 11) is 0. The van der Waals surface area contributed by atoms with E-state index in [1.165, 1.54) is 11.1 Å². The zero-order chi connectivity index (χ0) is 11.4. The van der Waals surface area contributed by atoms with E-state index in [2.05, 4.69) is 36.5 Å². The lowest BCUT2D eigenvalue weighted by Gasteiger charge is -2.17. The van der Waals surface area contributed by atoms with Gasteiger partial charge in [-0.05, 0) is 36.8 Å². The molecule has 1 aliphatic rings. The molecule has 0 heterocycles. The summed E-state index contributed by atoms with van der Waals surface area (Å²) in [5.74, 6) is 0. The summed E-state index contributed by atoms with van der Waals surface area (Å²) in [5, 5.41) is 13.2. The van der Waals surface area contributed by atoms with Gasteiger partial charge in [-0.25, -0.2) is 0 Å². The van der Waals surface area contributed by atoms with Crippen molar-refractivity contribution in [3.8, 4) is 0 Å². The van der Waals surface area contributed by atoms with Gasteiger partial charge in [-0.3, -0.25) is 0 Å². The molecule has 16 heavy (non-hydrogen) atoms. The number of rotatable bonds is 4. The molecule has 2 rings (SSSR count). The lowest BCUT2D eigenvalue weighted by atomic mass is 10.0. The summed E-state index contributed by atoms with van der Waals surface area (Å²) in [5.41, 5.74) is 2.77. The topological polar surface area (TPSA) is 32.3 Å². The van der Waals surface area contributed by atoms with Crippen molar-refractivity contribution < 1.29 is 5.11 Å². The first-order chi connectivity index (χ1) is 7.81. The van der Waals surface area contributed by atoms with Gasteiger partial charge in [0.15, 0.2) is 0 Å². The number of aryl methyl sites for hydroxylation is 1.